The van der Waals surface area contributed by atoms with Crippen molar-refractivity contribution in [3.05, 3.63) is 0 Å². The summed E-state index contributed by atoms with van der Waals surface area (Å²) in [5.74, 6) is 0.862. The Morgan fingerprint density at radius 1 is 1.20 bits per heavy atom. The molecule has 0 aromatic rings. The van der Waals surface area contributed by atoms with Crippen LogP contribution in [-0.2, 0) is 4.74 Å². The van der Waals surface area contributed by atoms with Gasteiger partial charge in [-0.3, -0.25) is 0 Å². The summed E-state index contributed by atoms with van der Waals surface area (Å²) >= 11 is 0. The zero-order valence-corrected chi connectivity index (χ0v) is 10.4. The molecule has 0 bridgehead atoms. The molecule has 1 saturated carbocycles. The van der Waals surface area contributed by atoms with Crippen LogP contribution in [0.3, 0.4) is 0 Å². The van der Waals surface area contributed by atoms with E-state index in [0.717, 1.165) is 18.9 Å². The third-order valence-corrected chi connectivity index (χ3v) is 3.48. The Bertz CT molecular complexity index is 161. The molecular formula is C13H27NO. The lowest BCUT2D eigenvalue weighted by Crippen LogP contribution is -2.42. The fourth-order valence-electron chi connectivity index (χ4n) is 2.48. The van der Waals surface area contributed by atoms with Crippen LogP contribution in [0.25, 0.3) is 0 Å². The average molecular weight is 213 g/mol. The molecule has 0 spiro atoms. The third-order valence-electron chi connectivity index (χ3n) is 3.48. The number of nitrogens with two attached hydrogens (primary N) is 1. The second-order valence-electron chi connectivity index (χ2n) is 4.89. The maximum atomic E-state index is 6.09. The molecule has 2 nitrogen and oxygen atoms in total. The zero-order chi connectivity index (χ0) is 11.1. The summed E-state index contributed by atoms with van der Waals surface area (Å²) in [6.07, 6.45) is 9.01. The lowest BCUT2D eigenvalue weighted by molar-refractivity contribution is -0.00265. The Hall–Kier alpha value is -0.0800. The molecule has 0 aromatic carbocycles. The van der Waals surface area contributed by atoms with Gasteiger partial charge in [0.05, 0.1) is 6.10 Å². The minimum Gasteiger partial charge on any atom is -0.377 e. The Morgan fingerprint density at radius 3 is 2.67 bits per heavy atom. The predicted molar refractivity (Wildman–Crippen MR) is 64.9 cm³/mol. The van der Waals surface area contributed by atoms with E-state index in [1.165, 1.54) is 38.5 Å². The number of unbranched alkanes of at least 4 members (excludes halogenated alkanes) is 1. The summed E-state index contributed by atoms with van der Waals surface area (Å²) < 4.78 is 5.89. The smallest absolute Gasteiger partial charge is 0.0728 e. The van der Waals surface area contributed by atoms with Gasteiger partial charge >= 0.3 is 0 Å². The first kappa shape index (κ1) is 13.0. The third kappa shape index (κ3) is 4.52. The van der Waals surface area contributed by atoms with E-state index in [2.05, 4.69) is 13.8 Å². The van der Waals surface area contributed by atoms with Gasteiger partial charge < -0.3 is 10.5 Å². The molecule has 1 fully saturated rings. The summed E-state index contributed by atoms with van der Waals surface area (Å²) in [4.78, 5) is 0. The van der Waals surface area contributed by atoms with E-state index in [1.54, 1.807) is 0 Å². The minimum absolute atomic E-state index is 0.287. The Morgan fingerprint density at radius 2 is 2.00 bits per heavy atom. The maximum Gasteiger partial charge on any atom is 0.0728 e. The van der Waals surface area contributed by atoms with E-state index in [-0.39, 0.29) is 6.04 Å². The monoisotopic (exact) mass is 213 g/mol. The second kappa shape index (κ2) is 7.24. The van der Waals surface area contributed by atoms with Crippen molar-refractivity contribution in [1.29, 1.82) is 0 Å². The van der Waals surface area contributed by atoms with Gasteiger partial charge in [0, 0.05) is 12.6 Å². The zero-order valence-electron chi connectivity index (χ0n) is 10.4. The van der Waals surface area contributed by atoms with Gasteiger partial charge in [-0.1, -0.05) is 33.1 Å². The normalized spacial score (nSPS) is 31.8. The topological polar surface area (TPSA) is 35.2 Å². The van der Waals surface area contributed by atoms with Crippen LogP contribution in [0.4, 0.5) is 0 Å². The Kier molecular flexibility index (Phi) is 6.26. The van der Waals surface area contributed by atoms with Crippen molar-refractivity contribution in [3.63, 3.8) is 0 Å². The first-order valence-corrected chi connectivity index (χ1v) is 6.65. The highest BCUT2D eigenvalue weighted by Crippen LogP contribution is 2.29. The van der Waals surface area contributed by atoms with E-state index in [0.29, 0.717) is 6.10 Å². The lowest BCUT2D eigenvalue weighted by atomic mass is 9.82. The fraction of sp³-hybridized carbons (Fsp3) is 1.00. The molecule has 0 aliphatic heterocycles. The van der Waals surface area contributed by atoms with E-state index in [1.807, 2.05) is 0 Å². The molecule has 2 heteroatoms. The number of rotatable bonds is 6. The van der Waals surface area contributed by atoms with Crippen LogP contribution in [0.1, 0.15) is 58.8 Å². The first-order chi connectivity index (χ1) is 7.27. The molecule has 1 aliphatic rings. The van der Waals surface area contributed by atoms with Gasteiger partial charge in [0.25, 0.3) is 0 Å². The van der Waals surface area contributed by atoms with Crippen molar-refractivity contribution >= 4 is 0 Å². The van der Waals surface area contributed by atoms with Crippen molar-refractivity contribution in [3.8, 4) is 0 Å². The van der Waals surface area contributed by atoms with Crippen LogP contribution in [0.5, 0.6) is 0 Å². The largest absolute Gasteiger partial charge is 0.377 e. The van der Waals surface area contributed by atoms with Crippen LogP contribution in [0, 0.1) is 5.92 Å². The molecule has 15 heavy (non-hydrogen) atoms. The van der Waals surface area contributed by atoms with Crippen molar-refractivity contribution in [2.75, 3.05) is 6.61 Å². The molecular weight excluding hydrogens is 186 g/mol. The van der Waals surface area contributed by atoms with Gasteiger partial charge in [-0.05, 0) is 31.6 Å². The summed E-state index contributed by atoms with van der Waals surface area (Å²) in [5, 5.41) is 0. The van der Waals surface area contributed by atoms with Gasteiger partial charge in [0.15, 0.2) is 0 Å². The SMILES string of the molecule is CCCCOC1CC(CCC)CCC1N. The van der Waals surface area contributed by atoms with Crippen molar-refractivity contribution in [2.45, 2.75) is 70.9 Å². The van der Waals surface area contributed by atoms with Crippen LogP contribution >= 0.6 is 0 Å². The molecule has 0 aromatic heterocycles. The molecule has 3 unspecified atom stereocenters. The molecule has 0 heterocycles. The number of hydrogen-bond acceptors (Lipinski definition) is 2. The van der Waals surface area contributed by atoms with Crippen LogP contribution in [0.2, 0.25) is 0 Å². The van der Waals surface area contributed by atoms with Crippen molar-refractivity contribution < 1.29 is 4.74 Å². The van der Waals surface area contributed by atoms with Gasteiger partial charge in [0.2, 0.25) is 0 Å². The summed E-state index contributed by atoms with van der Waals surface area (Å²) in [6.45, 7) is 5.36. The molecule has 3 atom stereocenters. The minimum atomic E-state index is 0.287. The highest BCUT2D eigenvalue weighted by Gasteiger charge is 2.27. The van der Waals surface area contributed by atoms with Gasteiger partial charge in [-0.15, -0.1) is 0 Å². The number of hydrogen-bond donors (Lipinski definition) is 1. The maximum absolute atomic E-state index is 6.09. The molecule has 0 amide bonds. The van der Waals surface area contributed by atoms with E-state index in [4.69, 9.17) is 10.5 Å². The molecule has 0 radical (unpaired) electrons. The molecule has 1 rings (SSSR count). The quantitative estimate of drug-likeness (QED) is 0.688. The van der Waals surface area contributed by atoms with E-state index < -0.39 is 0 Å². The molecule has 0 saturated heterocycles. The average Bonchev–Trinajstić information content (AvgIpc) is 2.23. The Labute approximate surface area is 94.6 Å². The number of ether oxygens (including phenoxy) is 1. The summed E-state index contributed by atoms with van der Waals surface area (Å²) in [5.41, 5.74) is 6.09. The fourth-order valence-corrected chi connectivity index (χ4v) is 2.48. The predicted octanol–water partition coefficient (Wildman–Crippen LogP) is 3.10. The standard InChI is InChI=1S/C13H27NO/c1-3-5-9-15-13-10-11(6-4-2)7-8-12(13)14/h11-13H,3-10,14H2,1-2H3. The highest BCUT2D eigenvalue weighted by atomic mass is 16.5. The lowest BCUT2D eigenvalue weighted by Gasteiger charge is -2.34. The van der Waals surface area contributed by atoms with Crippen LogP contribution in [0.15, 0.2) is 0 Å². The van der Waals surface area contributed by atoms with Gasteiger partial charge in [-0.25, -0.2) is 0 Å². The second-order valence-corrected chi connectivity index (χ2v) is 4.89. The van der Waals surface area contributed by atoms with Crippen LogP contribution < -0.4 is 5.73 Å². The highest BCUT2D eigenvalue weighted by molar-refractivity contribution is 4.83. The van der Waals surface area contributed by atoms with Crippen LogP contribution in [-0.4, -0.2) is 18.8 Å². The van der Waals surface area contributed by atoms with Gasteiger partial charge in [-0.2, -0.15) is 0 Å². The first-order valence-electron chi connectivity index (χ1n) is 6.65. The van der Waals surface area contributed by atoms with Crippen molar-refractivity contribution in [1.82, 2.24) is 0 Å². The summed E-state index contributed by atoms with van der Waals surface area (Å²) in [7, 11) is 0. The van der Waals surface area contributed by atoms with Gasteiger partial charge in [0.1, 0.15) is 0 Å². The van der Waals surface area contributed by atoms with E-state index >= 15 is 0 Å². The van der Waals surface area contributed by atoms with E-state index in [9.17, 15) is 0 Å². The molecule has 90 valence electrons. The molecule has 2 N–H and O–H groups in total. The molecule has 1 aliphatic carbocycles. The van der Waals surface area contributed by atoms with Crippen molar-refractivity contribution in [2.24, 2.45) is 11.7 Å². The Balaban J connectivity index is 2.26. The summed E-state index contributed by atoms with van der Waals surface area (Å²) in [6, 6.07) is 0.287.